The summed E-state index contributed by atoms with van der Waals surface area (Å²) in [6, 6.07) is 12.1. The Hall–Kier alpha value is -2.44. The Kier molecular flexibility index (Phi) is 5.67. The minimum absolute atomic E-state index is 0.147. The number of benzene rings is 1. The monoisotopic (exact) mass is 422 g/mol. The molecular weight excluding hydrogens is 392 g/mol. The number of ether oxygens (including phenoxy) is 3. The summed E-state index contributed by atoms with van der Waals surface area (Å²) < 4.78 is 17.9. The predicted octanol–water partition coefficient (Wildman–Crippen LogP) is 3.23. The third kappa shape index (κ3) is 4.60. The van der Waals surface area contributed by atoms with Crippen LogP contribution in [0.4, 0.5) is 0 Å². The van der Waals surface area contributed by atoms with E-state index >= 15 is 0 Å². The molecule has 1 aromatic carbocycles. The van der Waals surface area contributed by atoms with Gasteiger partial charge in [-0.3, -0.25) is 9.78 Å². The maximum Gasteiger partial charge on any atom is 0.227 e. The van der Waals surface area contributed by atoms with Gasteiger partial charge in [-0.1, -0.05) is 18.2 Å². The van der Waals surface area contributed by atoms with Crippen LogP contribution in [0, 0.1) is 6.92 Å². The van der Waals surface area contributed by atoms with E-state index in [-0.39, 0.29) is 17.6 Å². The van der Waals surface area contributed by atoms with Gasteiger partial charge in [-0.2, -0.15) is 0 Å². The third-order valence-electron chi connectivity index (χ3n) is 6.50. The first-order valence-electron chi connectivity index (χ1n) is 11.3. The second-order valence-electron chi connectivity index (χ2n) is 9.05. The molecule has 4 heterocycles. The first kappa shape index (κ1) is 20.5. The summed E-state index contributed by atoms with van der Waals surface area (Å²) in [7, 11) is 0. The van der Waals surface area contributed by atoms with Crippen molar-refractivity contribution in [3.8, 4) is 5.75 Å². The lowest BCUT2D eigenvalue weighted by Gasteiger charge is -2.53. The first-order chi connectivity index (χ1) is 15.1. The molecule has 2 fully saturated rings. The molecule has 1 atom stereocenters. The molecular formula is C25H30N2O4. The van der Waals surface area contributed by atoms with E-state index in [2.05, 4.69) is 11.1 Å². The summed E-state index contributed by atoms with van der Waals surface area (Å²) in [4.78, 5) is 19.2. The Morgan fingerprint density at radius 3 is 3.03 bits per heavy atom. The molecule has 0 saturated carbocycles. The van der Waals surface area contributed by atoms with Crippen molar-refractivity contribution in [2.24, 2.45) is 0 Å². The minimum Gasteiger partial charge on any atom is -0.493 e. The number of fused-ring (bicyclic) bond motifs is 1. The van der Waals surface area contributed by atoms with Gasteiger partial charge in [0.1, 0.15) is 11.4 Å². The number of hydrogen-bond donors (Lipinski definition) is 0. The molecule has 2 saturated heterocycles. The zero-order chi connectivity index (χ0) is 21.3. The number of aryl methyl sites for hydroxylation is 2. The van der Waals surface area contributed by atoms with Crippen LogP contribution in [0.15, 0.2) is 36.4 Å². The van der Waals surface area contributed by atoms with Crippen LogP contribution in [-0.2, 0) is 33.7 Å². The molecule has 0 radical (unpaired) electrons. The van der Waals surface area contributed by atoms with Crippen molar-refractivity contribution >= 4 is 5.91 Å². The zero-order valence-electron chi connectivity index (χ0n) is 18.1. The van der Waals surface area contributed by atoms with E-state index in [1.165, 1.54) is 5.56 Å². The Morgan fingerprint density at radius 2 is 2.16 bits per heavy atom. The number of hydrogen-bond acceptors (Lipinski definition) is 5. The number of carbonyl (C=O) groups is 1. The molecule has 0 bridgehead atoms. The molecule has 164 valence electrons. The number of amides is 1. The van der Waals surface area contributed by atoms with Crippen molar-refractivity contribution in [3.05, 3.63) is 58.9 Å². The smallest absolute Gasteiger partial charge is 0.227 e. The van der Waals surface area contributed by atoms with Crippen LogP contribution in [0.1, 0.15) is 41.8 Å². The van der Waals surface area contributed by atoms with Gasteiger partial charge in [0.05, 0.1) is 44.5 Å². The Labute approximate surface area is 183 Å². The summed E-state index contributed by atoms with van der Waals surface area (Å²) in [5.41, 5.74) is 4.00. The van der Waals surface area contributed by atoms with Crippen LogP contribution in [0.2, 0.25) is 0 Å². The van der Waals surface area contributed by atoms with Crippen LogP contribution >= 0.6 is 0 Å². The number of pyridine rings is 1. The number of aromatic nitrogens is 1. The number of likely N-dealkylation sites (tertiary alicyclic amines) is 1. The fraction of sp³-hybridized carbons (Fsp3) is 0.520. The Bertz CT molecular complexity index is 954. The normalized spacial score (nSPS) is 21.8. The van der Waals surface area contributed by atoms with Gasteiger partial charge in [-0.15, -0.1) is 0 Å². The second-order valence-corrected chi connectivity index (χ2v) is 9.05. The van der Waals surface area contributed by atoms with E-state index in [9.17, 15) is 4.79 Å². The summed E-state index contributed by atoms with van der Waals surface area (Å²) in [6.45, 7) is 5.29. The lowest BCUT2D eigenvalue weighted by atomic mass is 9.84. The van der Waals surface area contributed by atoms with Crippen molar-refractivity contribution < 1.29 is 19.0 Å². The number of nitrogens with zero attached hydrogens (tertiary/aromatic N) is 2. The second kappa shape index (κ2) is 8.60. The van der Waals surface area contributed by atoms with Gasteiger partial charge in [0.2, 0.25) is 5.91 Å². The standard InChI is InChI=1S/C25H30N2O4/c1-18-4-2-6-21(26-18)15-30-22-9-11-31-25(14-22)16-27(17-25)24(28)13-19-7-8-23-20(12-19)5-3-10-29-23/h2,4,6-8,12,22H,3,5,9-11,13-17H2,1H3. The van der Waals surface area contributed by atoms with Crippen LogP contribution < -0.4 is 4.74 Å². The average molecular weight is 423 g/mol. The highest BCUT2D eigenvalue weighted by atomic mass is 16.5. The van der Waals surface area contributed by atoms with E-state index in [1.807, 2.05) is 42.2 Å². The Morgan fingerprint density at radius 1 is 1.26 bits per heavy atom. The quantitative estimate of drug-likeness (QED) is 0.740. The fourth-order valence-corrected chi connectivity index (χ4v) is 4.86. The van der Waals surface area contributed by atoms with E-state index in [0.717, 1.165) is 55.0 Å². The summed E-state index contributed by atoms with van der Waals surface area (Å²) in [6.07, 6.45) is 4.37. The maximum atomic E-state index is 12.8. The Balaban J connectivity index is 1.12. The van der Waals surface area contributed by atoms with Crippen molar-refractivity contribution in [3.63, 3.8) is 0 Å². The fourth-order valence-electron chi connectivity index (χ4n) is 4.86. The topological polar surface area (TPSA) is 60.9 Å². The van der Waals surface area contributed by atoms with E-state index < -0.39 is 0 Å². The van der Waals surface area contributed by atoms with Crippen LogP contribution in [0.3, 0.4) is 0 Å². The molecule has 1 unspecified atom stereocenters. The molecule has 31 heavy (non-hydrogen) atoms. The summed E-state index contributed by atoms with van der Waals surface area (Å²) in [5.74, 6) is 1.13. The van der Waals surface area contributed by atoms with Gasteiger partial charge in [-0.05, 0) is 55.5 Å². The maximum absolute atomic E-state index is 12.8. The summed E-state index contributed by atoms with van der Waals surface area (Å²) in [5, 5.41) is 0. The summed E-state index contributed by atoms with van der Waals surface area (Å²) >= 11 is 0. The predicted molar refractivity (Wildman–Crippen MR) is 116 cm³/mol. The van der Waals surface area contributed by atoms with E-state index in [1.54, 1.807) is 0 Å². The molecule has 1 aromatic heterocycles. The van der Waals surface area contributed by atoms with Gasteiger partial charge in [0.15, 0.2) is 0 Å². The number of rotatable bonds is 5. The van der Waals surface area contributed by atoms with Crippen molar-refractivity contribution in [2.75, 3.05) is 26.3 Å². The highest BCUT2D eigenvalue weighted by Gasteiger charge is 2.49. The SMILES string of the molecule is Cc1cccc(COC2CCOC3(C2)CN(C(=O)Cc2ccc4c(c2)CCCO4)C3)n1. The van der Waals surface area contributed by atoms with E-state index in [0.29, 0.717) is 32.7 Å². The molecule has 6 heteroatoms. The van der Waals surface area contributed by atoms with Crippen molar-refractivity contribution in [1.29, 1.82) is 0 Å². The molecule has 3 aliphatic heterocycles. The van der Waals surface area contributed by atoms with Crippen molar-refractivity contribution in [1.82, 2.24) is 9.88 Å². The zero-order valence-corrected chi connectivity index (χ0v) is 18.1. The molecule has 6 nitrogen and oxygen atoms in total. The van der Waals surface area contributed by atoms with Gasteiger partial charge < -0.3 is 19.1 Å². The molecule has 0 aliphatic carbocycles. The molecule has 1 amide bonds. The minimum atomic E-state index is -0.248. The molecule has 2 aromatic rings. The van der Waals surface area contributed by atoms with Gasteiger partial charge in [-0.25, -0.2) is 0 Å². The van der Waals surface area contributed by atoms with Crippen LogP contribution in [-0.4, -0.2) is 53.8 Å². The largest absolute Gasteiger partial charge is 0.493 e. The van der Waals surface area contributed by atoms with Crippen LogP contribution in [0.5, 0.6) is 5.75 Å². The first-order valence-corrected chi connectivity index (χ1v) is 11.3. The van der Waals surface area contributed by atoms with E-state index in [4.69, 9.17) is 14.2 Å². The van der Waals surface area contributed by atoms with Gasteiger partial charge >= 0.3 is 0 Å². The lowest BCUT2D eigenvalue weighted by Crippen LogP contribution is -2.67. The van der Waals surface area contributed by atoms with Crippen molar-refractivity contribution in [2.45, 2.75) is 57.3 Å². The van der Waals surface area contributed by atoms with Gasteiger partial charge in [0, 0.05) is 18.7 Å². The molecule has 0 N–H and O–H groups in total. The third-order valence-corrected chi connectivity index (χ3v) is 6.50. The van der Waals surface area contributed by atoms with Crippen LogP contribution in [0.25, 0.3) is 0 Å². The molecule has 1 spiro atoms. The highest BCUT2D eigenvalue weighted by molar-refractivity contribution is 5.80. The average Bonchev–Trinajstić information content (AvgIpc) is 2.76. The van der Waals surface area contributed by atoms with Gasteiger partial charge in [0.25, 0.3) is 0 Å². The molecule has 3 aliphatic rings. The highest BCUT2D eigenvalue weighted by Crippen LogP contribution is 2.36. The molecule has 5 rings (SSSR count). The lowest BCUT2D eigenvalue weighted by molar-refractivity contribution is -0.202. The number of carbonyl (C=O) groups excluding carboxylic acids is 1.